The molecule has 2 aromatic heterocycles. The molecule has 8 heteroatoms. The van der Waals surface area contributed by atoms with Crippen molar-refractivity contribution in [2.45, 2.75) is 31.1 Å². The van der Waals surface area contributed by atoms with Gasteiger partial charge in [0.15, 0.2) is 5.12 Å². The highest BCUT2D eigenvalue weighted by molar-refractivity contribution is 8.14. The lowest BCUT2D eigenvalue weighted by Crippen LogP contribution is -2.37. The van der Waals surface area contributed by atoms with Crippen molar-refractivity contribution < 1.29 is 14.3 Å². The number of carbonyl (C=O) groups is 2. The molecule has 1 aliphatic rings. The Balaban J connectivity index is 1.76. The van der Waals surface area contributed by atoms with Crippen molar-refractivity contribution in [2.75, 3.05) is 13.2 Å². The minimum atomic E-state index is -0.344. The number of fused-ring (bicyclic) bond motifs is 1. The van der Waals surface area contributed by atoms with E-state index in [2.05, 4.69) is 16.9 Å². The first-order valence-corrected chi connectivity index (χ1v) is 9.44. The third kappa shape index (κ3) is 3.64. The third-order valence-electron chi connectivity index (χ3n) is 3.94. The normalized spacial score (nSPS) is 20.5. The van der Waals surface area contributed by atoms with Crippen LogP contribution in [0.4, 0.5) is 4.79 Å². The van der Waals surface area contributed by atoms with Crippen LogP contribution in [0.5, 0.6) is 0 Å². The highest BCUT2D eigenvalue weighted by Crippen LogP contribution is 2.31. The number of rotatable bonds is 5. The maximum atomic E-state index is 12.3. The summed E-state index contributed by atoms with van der Waals surface area (Å²) in [6.45, 7) is 5.85. The number of ether oxygens (including phenoxy) is 1. The quantitative estimate of drug-likeness (QED) is 0.762. The summed E-state index contributed by atoms with van der Waals surface area (Å²) in [5.41, 5.74) is 1.12. The number of aromatic nitrogens is 2. The van der Waals surface area contributed by atoms with Crippen molar-refractivity contribution in [2.24, 2.45) is 0 Å². The van der Waals surface area contributed by atoms with Crippen LogP contribution < -0.4 is 0 Å². The molecule has 0 bridgehead atoms. The second-order valence-electron chi connectivity index (χ2n) is 5.67. The number of carbonyl (C=O) groups excluding carboxylic acids is 2. The molecule has 0 unspecified atom stereocenters. The van der Waals surface area contributed by atoms with Gasteiger partial charge in [0.1, 0.15) is 17.8 Å². The molecular formula is C16H19N3O3S2. The van der Waals surface area contributed by atoms with Crippen molar-refractivity contribution in [1.29, 1.82) is 0 Å². The molecule has 1 fully saturated rings. The summed E-state index contributed by atoms with van der Waals surface area (Å²) in [5, 5.41) is 2.28. The zero-order valence-electron chi connectivity index (χ0n) is 13.4. The van der Waals surface area contributed by atoms with Crippen LogP contribution in [0.15, 0.2) is 30.6 Å². The first-order valence-electron chi connectivity index (χ1n) is 7.68. The molecule has 3 rings (SSSR count). The molecule has 2 aromatic rings. The Bertz CT molecular complexity index is 755. The van der Waals surface area contributed by atoms with Gasteiger partial charge in [0, 0.05) is 42.3 Å². The minimum Gasteiger partial charge on any atom is -0.445 e. The fraction of sp³-hybridized carbons (Fsp3) is 0.438. The van der Waals surface area contributed by atoms with Gasteiger partial charge in [0.2, 0.25) is 0 Å². The van der Waals surface area contributed by atoms with Crippen LogP contribution >= 0.6 is 23.1 Å². The number of thioether (sulfide) groups is 1. The average molecular weight is 365 g/mol. The third-order valence-corrected chi connectivity index (χ3v) is 5.88. The fourth-order valence-electron chi connectivity index (χ4n) is 2.98. The summed E-state index contributed by atoms with van der Waals surface area (Å²) in [4.78, 5) is 30.7. The molecule has 0 spiro atoms. The summed E-state index contributed by atoms with van der Waals surface area (Å²) in [7, 11) is 0. The molecule has 1 amide bonds. The summed E-state index contributed by atoms with van der Waals surface area (Å²) >= 11 is 2.94. The van der Waals surface area contributed by atoms with Gasteiger partial charge in [-0.3, -0.25) is 9.20 Å². The Morgan fingerprint density at radius 2 is 2.42 bits per heavy atom. The minimum absolute atomic E-state index is 0.0133. The molecule has 0 saturated carbocycles. The molecule has 6 nitrogen and oxygen atoms in total. The Labute approximate surface area is 148 Å². The second-order valence-corrected chi connectivity index (χ2v) is 8.04. The number of hydrogen-bond acceptors (Lipinski definition) is 6. The van der Waals surface area contributed by atoms with Crippen LogP contribution in [-0.4, -0.2) is 49.9 Å². The van der Waals surface area contributed by atoms with Gasteiger partial charge in [-0.05, 0) is 6.42 Å². The first kappa shape index (κ1) is 17.0. The Morgan fingerprint density at radius 1 is 1.58 bits per heavy atom. The van der Waals surface area contributed by atoms with Crippen molar-refractivity contribution in [3.63, 3.8) is 0 Å². The van der Waals surface area contributed by atoms with Crippen LogP contribution in [0.1, 0.15) is 19.0 Å². The summed E-state index contributed by atoms with van der Waals surface area (Å²) < 4.78 is 7.25. The maximum Gasteiger partial charge on any atom is 0.410 e. The summed E-state index contributed by atoms with van der Waals surface area (Å²) in [5.74, 6) is 0. The van der Waals surface area contributed by atoms with Crippen molar-refractivity contribution in [1.82, 2.24) is 14.3 Å². The predicted octanol–water partition coefficient (Wildman–Crippen LogP) is 2.98. The molecule has 1 aliphatic heterocycles. The molecule has 0 aromatic carbocycles. The van der Waals surface area contributed by atoms with E-state index in [-0.39, 0.29) is 29.1 Å². The first-order chi connectivity index (χ1) is 11.6. The molecule has 0 N–H and O–H groups in total. The van der Waals surface area contributed by atoms with E-state index in [0.29, 0.717) is 13.0 Å². The zero-order valence-corrected chi connectivity index (χ0v) is 15.0. The second kappa shape index (κ2) is 7.40. The predicted molar refractivity (Wildman–Crippen MR) is 95.5 cm³/mol. The largest absolute Gasteiger partial charge is 0.445 e. The van der Waals surface area contributed by atoms with Crippen molar-refractivity contribution in [3.8, 4) is 0 Å². The number of imidazole rings is 1. The van der Waals surface area contributed by atoms with E-state index in [0.717, 1.165) is 16.9 Å². The van der Waals surface area contributed by atoms with Crippen LogP contribution in [0.25, 0.3) is 4.83 Å². The van der Waals surface area contributed by atoms with Gasteiger partial charge >= 0.3 is 6.09 Å². The molecule has 24 heavy (non-hydrogen) atoms. The van der Waals surface area contributed by atoms with Crippen LogP contribution in [0.2, 0.25) is 0 Å². The van der Waals surface area contributed by atoms with E-state index in [1.807, 2.05) is 10.6 Å². The summed E-state index contributed by atoms with van der Waals surface area (Å²) in [6, 6.07) is 0.0133. The van der Waals surface area contributed by atoms with Crippen LogP contribution in [-0.2, 0) is 16.0 Å². The molecule has 0 aliphatic carbocycles. The molecule has 0 radical (unpaired) electrons. The van der Waals surface area contributed by atoms with Gasteiger partial charge in [0.05, 0.1) is 6.20 Å². The Kier molecular flexibility index (Phi) is 5.25. The number of amides is 1. The lowest BCUT2D eigenvalue weighted by atomic mass is 10.1. The number of hydrogen-bond donors (Lipinski definition) is 0. The monoisotopic (exact) mass is 365 g/mol. The Hall–Kier alpha value is -1.80. The van der Waals surface area contributed by atoms with Gasteiger partial charge in [-0.2, -0.15) is 0 Å². The average Bonchev–Trinajstić information content (AvgIpc) is 3.22. The molecule has 1 saturated heterocycles. The van der Waals surface area contributed by atoms with E-state index < -0.39 is 0 Å². The maximum absolute atomic E-state index is 12.3. The van der Waals surface area contributed by atoms with Crippen LogP contribution in [0.3, 0.4) is 0 Å². The Morgan fingerprint density at radius 3 is 3.17 bits per heavy atom. The zero-order chi connectivity index (χ0) is 17.1. The number of thiazole rings is 1. The van der Waals surface area contributed by atoms with Gasteiger partial charge in [0.25, 0.3) is 0 Å². The van der Waals surface area contributed by atoms with E-state index in [4.69, 9.17) is 4.74 Å². The van der Waals surface area contributed by atoms with Gasteiger partial charge in [-0.1, -0.05) is 24.4 Å². The molecule has 128 valence electrons. The molecular weight excluding hydrogens is 346 g/mol. The topological polar surface area (TPSA) is 63.9 Å². The summed E-state index contributed by atoms with van der Waals surface area (Å²) in [6.07, 6.45) is 6.32. The van der Waals surface area contributed by atoms with E-state index in [1.54, 1.807) is 35.6 Å². The smallest absolute Gasteiger partial charge is 0.410 e. The van der Waals surface area contributed by atoms with Crippen molar-refractivity contribution in [3.05, 3.63) is 36.3 Å². The van der Waals surface area contributed by atoms with E-state index in [9.17, 15) is 9.59 Å². The van der Waals surface area contributed by atoms with E-state index >= 15 is 0 Å². The fourth-order valence-corrected chi connectivity index (χ4v) is 4.87. The number of nitrogens with zero attached hydrogens (tertiary/aromatic N) is 3. The molecule has 2 atom stereocenters. The van der Waals surface area contributed by atoms with E-state index in [1.165, 1.54) is 11.8 Å². The SMILES string of the molecule is C=CCOC(=O)N1C[C@@H](SC(C)=O)C[C@H]1Cc1csc2cncn12. The number of likely N-dealkylation sites (tertiary alicyclic amines) is 1. The lowest BCUT2D eigenvalue weighted by Gasteiger charge is -2.23. The van der Waals surface area contributed by atoms with Gasteiger partial charge in [-0.25, -0.2) is 9.78 Å². The van der Waals surface area contributed by atoms with Crippen molar-refractivity contribution >= 4 is 39.1 Å². The highest BCUT2D eigenvalue weighted by atomic mass is 32.2. The molecule has 3 heterocycles. The van der Waals surface area contributed by atoms with Crippen LogP contribution in [0, 0.1) is 0 Å². The van der Waals surface area contributed by atoms with Gasteiger partial charge in [-0.15, -0.1) is 11.3 Å². The highest BCUT2D eigenvalue weighted by Gasteiger charge is 2.37. The van der Waals surface area contributed by atoms with Gasteiger partial charge < -0.3 is 9.64 Å². The lowest BCUT2D eigenvalue weighted by molar-refractivity contribution is -0.109. The standard InChI is InChI=1S/C16H19N3O3S2/c1-3-4-22-16(21)18-8-14(24-11(2)20)6-12(18)5-13-9-23-15-7-17-10-19(13)15/h3,7,9-10,12,14H,1,4-6,8H2,2H3/t12-,14+/m1/s1.